The maximum atomic E-state index is 11.7. The lowest BCUT2D eigenvalue weighted by Crippen LogP contribution is -2.31. The Morgan fingerprint density at radius 1 is 1.38 bits per heavy atom. The number of carbonyl (C=O) groups is 2. The van der Waals surface area contributed by atoms with Crippen LogP contribution in [0.5, 0.6) is 0 Å². The Morgan fingerprint density at radius 3 is 2.71 bits per heavy atom. The van der Waals surface area contributed by atoms with Crippen LogP contribution >= 0.6 is 27.5 Å². The van der Waals surface area contributed by atoms with Gasteiger partial charge < -0.3 is 10.6 Å². The maximum Gasteiger partial charge on any atom is 0.223 e. The lowest BCUT2D eigenvalue weighted by atomic mass is 10.2. The number of nitrogens with one attached hydrogen (secondary N) is 2. The van der Waals surface area contributed by atoms with E-state index in [1.807, 2.05) is 12.1 Å². The third-order valence-corrected chi connectivity index (χ3v) is 4.43. The zero-order valence-corrected chi connectivity index (χ0v) is 14.1. The monoisotopic (exact) mass is 372 g/mol. The molecule has 2 unspecified atom stereocenters. The minimum absolute atomic E-state index is 0.0613. The summed E-state index contributed by atoms with van der Waals surface area (Å²) in [5.41, 5.74) is 0.865. The Morgan fingerprint density at radius 2 is 2.10 bits per heavy atom. The van der Waals surface area contributed by atoms with Crippen molar-refractivity contribution in [2.75, 3.05) is 6.54 Å². The maximum absolute atomic E-state index is 11.7. The molecule has 2 rings (SSSR count). The van der Waals surface area contributed by atoms with Crippen molar-refractivity contribution in [2.45, 2.75) is 26.3 Å². The van der Waals surface area contributed by atoms with Crippen LogP contribution in [0.3, 0.4) is 0 Å². The van der Waals surface area contributed by atoms with E-state index in [9.17, 15) is 9.59 Å². The van der Waals surface area contributed by atoms with Gasteiger partial charge in [0, 0.05) is 34.9 Å². The van der Waals surface area contributed by atoms with Crippen molar-refractivity contribution < 1.29 is 9.59 Å². The first-order valence-electron chi connectivity index (χ1n) is 6.95. The zero-order valence-electron chi connectivity index (χ0n) is 11.8. The second-order valence-electron chi connectivity index (χ2n) is 5.37. The van der Waals surface area contributed by atoms with Crippen molar-refractivity contribution in [3.8, 4) is 0 Å². The van der Waals surface area contributed by atoms with Gasteiger partial charge in [-0.3, -0.25) is 9.59 Å². The van der Waals surface area contributed by atoms with Gasteiger partial charge in [0.15, 0.2) is 0 Å². The largest absolute Gasteiger partial charge is 0.355 e. The Kier molecular flexibility index (Phi) is 5.65. The fraction of sp³-hybridized carbons (Fsp3) is 0.467. The van der Waals surface area contributed by atoms with Crippen LogP contribution in [0, 0.1) is 11.8 Å². The summed E-state index contributed by atoms with van der Waals surface area (Å²) in [5.74, 6) is 0.595. The molecule has 0 radical (unpaired) electrons. The van der Waals surface area contributed by atoms with Gasteiger partial charge in [-0.1, -0.05) is 40.5 Å². The van der Waals surface area contributed by atoms with Crippen LogP contribution in [0.1, 0.15) is 25.3 Å². The third-order valence-electron chi connectivity index (χ3n) is 3.59. The molecule has 1 aromatic carbocycles. The Labute approximate surface area is 137 Å². The van der Waals surface area contributed by atoms with Crippen LogP contribution in [0.15, 0.2) is 22.7 Å². The average molecular weight is 374 g/mol. The Balaban J connectivity index is 1.66. The molecule has 0 saturated heterocycles. The molecule has 4 nitrogen and oxygen atoms in total. The van der Waals surface area contributed by atoms with E-state index in [0.29, 0.717) is 24.0 Å². The minimum Gasteiger partial charge on any atom is -0.355 e. The number of carbonyl (C=O) groups excluding carboxylic acids is 2. The summed E-state index contributed by atoms with van der Waals surface area (Å²) in [6.45, 7) is 2.82. The van der Waals surface area contributed by atoms with E-state index < -0.39 is 0 Å². The predicted octanol–water partition coefficient (Wildman–Crippen LogP) is 2.88. The molecule has 114 valence electrons. The van der Waals surface area contributed by atoms with Gasteiger partial charge in [0.25, 0.3) is 0 Å². The molecule has 2 amide bonds. The molecule has 0 bridgehead atoms. The van der Waals surface area contributed by atoms with Crippen LogP contribution in [0.4, 0.5) is 0 Å². The van der Waals surface area contributed by atoms with Crippen LogP contribution in [0.2, 0.25) is 5.02 Å². The summed E-state index contributed by atoms with van der Waals surface area (Å²) in [5, 5.41) is 6.20. The molecule has 2 N–H and O–H groups in total. The molecule has 6 heteroatoms. The topological polar surface area (TPSA) is 58.2 Å². The first-order chi connectivity index (χ1) is 9.97. The highest BCUT2D eigenvalue weighted by Gasteiger charge is 2.38. The summed E-state index contributed by atoms with van der Waals surface area (Å²) in [4.78, 5) is 23.3. The Bertz CT molecular complexity index is 550. The van der Waals surface area contributed by atoms with Crippen molar-refractivity contribution in [1.29, 1.82) is 0 Å². The van der Waals surface area contributed by atoms with E-state index in [4.69, 9.17) is 11.6 Å². The quantitative estimate of drug-likeness (QED) is 0.805. The van der Waals surface area contributed by atoms with Crippen LogP contribution in [-0.2, 0) is 16.1 Å². The van der Waals surface area contributed by atoms with E-state index in [0.717, 1.165) is 16.5 Å². The smallest absolute Gasteiger partial charge is 0.223 e. The van der Waals surface area contributed by atoms with Crippen LogP contribution < -0.4 is 10.6 Å². The summed E-state index contributed by atoms with van der Waals surface area (Å²) < 4.78 is 0.902. The summed E-state index contributed by atoms with van der Waals surface area (Å²) >= 11 is 9.41. The molecule has 1 aromatic rings. The van der Waals surface area contributed by atoms with Crippen molar-refractivity contribution in [3.05, 3.63) is 33.3 Å². The van der Waals surface area contributed by atoms with Crippen molar-refractivity contribution in [2.24, 2.45) is 11.8 Å². The molecule has 0 heterocycles. The van der Waals surface area contributed by atoms with E-state index >= 15 is 0 Å². The highest BCUT2D eigenvalue weighted by Crippen LogP contribution is 2.37. The lowest BCUT2D eigenvalue weighted by molar-refractivity contribution is -0.123. The van der Waals surface area contributed by atoms with Crippen LogP contribution in [0.25, 0.3) is 0 Å². The minimum atomic E-state index is -0.0990. The summed E-state index contributed by atoms with van der Waals surface area (Å²) in [6, 6.07) is 5.54. The zero-order chi connectivity index (χ0) is 15.4. The second kappa shape index (κ2) is 7.27. The molecule has 0 spiro atoms. The van der Waals surface area contributed by atoms with Crippen molar-refractivity contribution >= 4 is 39.3 Å². The number of halogens is 2. The first-order valence-corrected chi connectivity index (χ1v) is 8.13. The summed E-state index contributed by atoms with van der Waals surface area (Å²) in [7, 11) is 0. The van der Waals surface area contributed by atoms with Gasteiger partial charge in [0.05, 0.1) is 0 Å². The standard InChI is InChI=1S/C15H18BrClN2O2/c1-9-6-12(9)15(21)18-5-4-14(20)19-8-10-2-3-11(16)7-13(10)17/h2-3,7,9,12H,4-6,8H2,1H3,(H,18,21)(H,19,20). The predicted molar refractivity (Wildman–Crippen MR) is 85.9 cm³/mol. The van der Waals surface area contributed by atoms with E-state index in [2.05, 4.69) is 33.5 Å². The highest BCUT2D eigenvalue weighted by molar-refractivity contribution is 9.10. The number of benzene rings is 1. The Hall–Kier alpha value is -1.07. The van der Waals surface area contributed by atoms with Gasteiger partial charge in [-0.05, 0) is 30.0 Å². The normalized spacial score (nSPS) is 20.0. The molecule has 1 aliphatic carbocycles. The van der Waals surface area contributed by atoms with Crippen molar-refractivity contribution in [1.82, 2.24) is 10.6 Å². The average Bonchev–Trinajstić information content (AvgIpc) is 3.15. The first kappa shape index (κ1) is 16.3. The molecular formula is C15H18BrClN2O2. The molecular weight excluding hydrogens is 356 g/mol. The fourth-order valence-electron chi connectivity index (χ4n) is 2.06. The highest BCUT2D eigenvalue weighted by atomic mass is 79.9. The van der Waals surface area contributed by atoms with Crippen LogP contribution in [-0.4, -0.2) is 18.4 Å². The molecule has 1 fully saturated rings. The molecule has 1 aliphatic rings. The third kappa shape index (κ3) is 5.00. The molecule has 2 atom stereocenters. The summed E-state index contributed by atoms with van der Waals surface area (Å²) in [6.07, 6.45) is 1.24. The number of hydrogen-bond acceptors (Lipinski definition) is 2. The number of hydrogen-bond donors (Lipinski definition) is 2. The SMILES string of the molecule is CC1CC1C(=O)NCCC(=O)NCc1ccc(Br)cc1Cl. The van der Waals surface area contributed by atoms with Gasteiger partial charge in [-0.25, -0.2) is 0 Å². The van der Waals surface area contributed by atoms with E-state index in [1.165, 1.54) is 0 Å². The molecule has 0 aromatic heterocycles. The van der Waals surface area contributed by atoms with Gasteiger partial charge >= 0.3 is 0 Å². The van der Waals surface area contributed by atoms with E-state index in [1.54, 1.807) is 6.07 Å². The van der Waals surface area contributed by atoms with Crippen molar-refractivity contribution in [3.63, 3.8) is 0 Å². The number of amides is 2. The molecule has 0 aliphatic heterocycles. The second-order valence-corrected chi connectivity index (χ2v) is 6.70. The molecule has 1 saturated carbocycles. The number of rotatable bonds is 6. The van der Waals surface area contributed by atoms with E-state index in [-0.39, 0.29) is 24.2 Å². The van der Waals surface area contributed by atoms with Gasteiger partial charge in [0.1, 0.15) is 0 Å². The van der Waals surface area contributed by atoms with Gasteiger partial charge in [0.2, 0.25) is 11.8 Å². The lowest BCUT2D eigenvalue weighted by Gasteiger charge is -2.08. The van der Waals surface area contributed by atoms with Gasteiger partial charge in [-0.15, -0.1) is 0 Å². The molecule has 21 heavy (non-hydrogen) atoms. The fourth-order valence-corrected chi connectivity index (χ4v) is 2.81. The van der Waals surface area contributed by atoms with Gasteiger partial charge in [-0.2, -0.15) is 0 Å².